The number of aromatic nitrogens is 2. The number of halogens is 1. The monoisotopic (exact) mass is 252 g/mol. The average molecular weight is 253 g/mol. The van der Waals surface area contributed by atoms with E-state index in [-0.39, 0.29) is 0 Å². The summed E-state index contributed by atoms with van der Waals surface area (Å²) in [6, 6.07) is 8.01. The number of rotatable bonds is 2. The van der Waals surface area contributed by atoms with E-state index in [4.69, 9.17) is 4.52 Å². The van der Waals surface area contributed by atoms with Gasteiger partial charge in [0, 0.05) is 10.9 Å². The van der Waals surface area contributed by atoms with Gasteiger partial charge in [-0.15, -0.1) is 0 Å². The lowest BCUT2D eigenvalue weighted by Gasteiger charge is -1.97. The predicted molar refractivity (Wildman–Crippen MR) is 57.1 cm³/mol. The highest BCUT2D eigenvalue weighted by atomic mass is 79.9. The van der Waals surface area contributed by atoms with Crippen molar-refractivity contribution in [1.29, 1.82) is 0 Å². The molecule has 2 aromatic rings. The summed E-state index contributed by atoms with van der Waals surface area (Å²) in [7, 11) is 0. The molecule has 0 spiro atoms. The van der Waals surface area contributed by atoms with Crippen LogP contribution in [0.4, 0.5) is 0 Å². The van der Waals surface area contributed by atoms with Crippen LogP contribution in [0.1, 0.15) is 11.4 Å². The summed E-state index contributed by atoms with van der Waals surface area (Å²) in [5.74, 6) is 1.23. The zero-order valence-corrected chi connectivity index (χ0v) is 9.28. The minimum Gasteiger partial charge on any atom is -0.334 e. The van der Waals surface area contributed by atoms with E-state index in [1.54, 1.807) is 6.92 Å². The van der Waals surface area contributed by atoms with Gasteiger partial charge in [0.05, 0.1) is 0 Å². The molecule has 0 aliphatic rings. The molecule has 1 heterocycles. The topological polar surface area (TPSA) is 38.9 Å². The van der Waals surface area contributed by atoms with Crippen molar-refractivity contribution in [3.8, 4) is 11.5 Å². The Morgan fingerprint density at radius 1 is 1.43 bits per heavy atom. The van der Waals surface area contributed by atoms with E-state index in [0.29, 0.717) is 11.7 Å². The fourth-order valence-corrected chi connectivity index (χ4v) is 1.55. The number of aryl methyl sites for hydroxylation is 1. The molecular weight excluding hydrogens is 244 g/mol. The highest BCUT2D eigenvalue weighted by molar-refractivity contribution is 9.08. The summed E-state index contributed by atoms with van der Waals surface area (Å²) >= 11 is 3.40. The average Bonchev–Trinajstić information content (AvgIpc) is 2.65. The molecule has 0 saturated heterocycles. The third-order valence-electron chi connectivity index (χ3n) is 1.86. The summed E-state index contributed by atoms with van der Waals surface area (Å²) < 4.78 is 5.07. The van der Waals surface area contributed by atoms with Crippen LogP contribution in [0.2, 0.25) is 0 Å². The molecule has 0 bridgehead atoms. The molecule has 0 saturated carbocycles. The Labute approximate surface area is 90.3 Å². The van der Waals surface area contributed by atoms with Gasteiger partial charge in [-0.25, -0.2) is 0 Å². The van der Waals surface area contributed by atoms with Crippen molar-refractivity contribution in [3.05, 3.63) is 35.7 Å². The molecule has 2 rings (SSSR count). The molecular formula is C10H9BrN2O. The second-order valence-electron chi connectivity index (χ2n) is 2.98. The summed E-state index contributed by atoms with van der Waals surface area (Å²) in [4.78, 5) is 4.16. The molecule has 0 aliphatic carbocycles. The molecule has 3 nitrogen and oxygen atoms in total. The van der Waals surface area contributed by atoms with E-state index >= 15 is 0 Å². The Kier molecular flexibility index (Phi) is 2.63. The lowest BCUT2D eigenvalue weighted by atomic mass is 10.1. The molecule has 0 atom stereocenters. The first kappa shape index (κ1) is 9.40. The van der Waals surface area contributed by atoms with E-state index < -0.39 is 0 Å². The Morgan fingerprint density at radius 3 is 2.93 bits per heavy atom. The van der Waals surface area contributed by atoms with E-state index in [9.17, 15) is 0 Å². The van der Waals surface area contributed by atoms with E-state index in [2.05, 4.69) is 26.1 Å². The second-order valence-corrected chi connectivity index (χ2v) is 3.54. The van der Waals surface area contributed by atoms with Crippen LogP contribution in [-0.4, -0.2) is 10.1 Å². The van der Waals surface area contributed by atoms with Crippen molar-refractivity contribution in [2.24, 2.45) is 0 Å². The first-order valence-corrected chi connectivity index (χ1v) is 5.37. The number of nitrogens with zero attached hydrogens (tertiary/aromatic N) is 2. The molecule has 0 unspecified atom stereocenters. The van der Waals surface area contributed by atoms with Crippen molar-refractivity contribution in [3.63, 3.8) is 0 Å². The van der Waals surface area contributed by atoms with Crippen molar-refractivity contribution in [1.82, 2.24) is 10.1 Å². The van der Waals surface area contributed by atoms with Crippen LogP contribution in [-0.2, 0) is 5.33 Å². The Balaban J connectivity index is 2.41. The van der Waals surface area contributed by atoms with Crippen LogP contribution in [0, 0.1) is 6.92 Å². The van der Waals surface area contributed by atoms with E-state index in [0.717, 1.165) is 10.9 Å². The second kappa shape index (κ2) is 3.92. The molecule has 4 heteroatoms. The van der Waals surface area contributed by atoms with Gasteiger partial charge in [-0.1, -0.05) is 33.2 Å². The first-order chi connectivity index (χ1) is 6.79. The molecule has 72 valence electrons. The molecule has 0 radical (unpaired) electrons. The van der Waals surface area contributed by atoms with Gasteiger partial charge in [0.15, 0.2) is 5.82 Å². The van der Waals surface area contributed by atoms with Crippen LogP contribution in [0.25, 0.3) is 11.5 Å². The zero-order chi connectivity index (χ0) is 9.97. The molecule has 14 heavy (non-hydrogen) atoms. The predicted octanol–water partition coefficient (Wildman–Crippen LogP) is 2.94. The molecule has 1 aromatic heterocycles. The Bertz CT molecular complexity index is 439. The van der Waals surface area contributed by atoms with Crippen molar-refractivity contribution in [2.45, 2.75) is 12.3 Å². The van der Waals surface area contributed by atoms with Crippen molar-refractivity contribution >= 4 is 15.9 Å². The van der Waals surface area contributed by atoms with Gasteiger partial charge in [0.1, 0.15) is 0 Å². The summed E-state index contributed by atoms with van der Waals surface area (Å²) in [5, 5.41) is 4.58. The quantitative estimate of drug-likeness (QED) is 0.772. The number of hydrogen-bond donors (Lipinski definition) is 0. The van der Waals surface area contributed by atoms with Crippen LogP contribution < -0.4 is 0 Å². The van der Waals surface area contributed by atoms with Crippen LogP contribution >= 0.6 is 15.9 Å². The van der Waals surface area contributed by atoms with Gasteiger partial charge in [-0.2, -0.15) is 4.98 Å². The summed E-state index contributed by atoms with van der Waals surface area (Å²) in [6.07, 6.45) is 0. The highest BCUT2D eigenvalue weighted by Gasteiger charge is 2.05. The normalized spacial score (nSPS) is 10.4. The van der Waals surface area contributed by atoms with Crippen molar-refractivity contribution in [2.75, 3.05) is 0 Å². The Hall–Kier alpha value is -1.16. The lowest BCUT2D eigenvalue weighted by Crippen LogP contribution is -1.81. The van der Waals surface area contributed by atoms with Crippen LogP contribution in [0.3, 0.4) is 0 Å². The van der Waals surface area contributed by atoms with Gasteiger partial charge in [0.25, 0.3) is 5.89 Å². The van der Waals surface area contributed by atoms with Gasteiger partial charge >= 0.3 is 0 Å². The third kappa shape index (κ3) is 1.85. The zero-order valence-electron chi connectivity index (χ0n) is 7.70. The minimum absolute atomic E-state index is 0.574. The number of hydrogen-bond acceptors (Lipinski definition) is 3. The van der Waals surface area contributed by atoms with E-state index in [1.807, 2.05) is 24.3 Å². The van der Waals surface area contributed by atoms with E-state index in [1.165, 1.54) is 5.56 Å². The maximum Gasteiger partial charge on any atom is 0.257 e. The molecule has 0 amide bonds. The van der Waals surface area contributed by atoms with Crippen molar-refractivity contribution < 1.29 is 4.52 Å². The maximum absolute atomic E-state index is 5.07. The highest BCUT2D eigenvalue weighted by Crippen LogP contribution is 2.19. The standard InChI is InChI=1S/C10H9BrN2O/c1-7-12-10(14-13-7)9-4-2-3-8(5-9)6-11/h2-5H,6H2,1H3. The Morgan fingerprint density at radius 2 is 2.29 bits per heavy atom. The minimum atomic E-state index is 0.574. The fourth-order valence-electron chi connectivity index (χ4n) is 1.20. The smallest absolute Gasteiger partial charge is 0.257 e. The molecule has 0 N–H and O–H groups in total. The summed E-state index contributed by atoms with van der Waals surface area (Å²) in [6.45, 7) is 1.81. The number of benzene rings is 1. The third-order valence-corrected chi connectivity index (χ3v) is 2.50. The van der Waals surface area contributed by atoms with Gasteiger partial charge in [-0.05, 0) is 24.6 Å². The number of alkyl halides is 1. The molecule has 0 aliphatic heterocycles. The van der Waals surface area contributed by atoms with Gasteiger partial charge < -0.3 is 4.52 Å². The fraction of sp³-hybridized carbons (Fsp3) is 0.200. The SMILES string of the molecule is Cc1noc(-c2cccc(CBr)c2)n1. The van der Waals surface area contributed by atoms with Gasteiger partial charge in [0.2, 0.25) is 0 Å². The van der Waals surface area contributed by atoms with Crippen LogP contribution in [0.15, 0.2) is 28.8 Å². The first-order valence-electron chi connectivity index (χ1n) is 4.25. The van der Waals surface area contributed by atoms with Gasteiger partial charge in [-0.3, -0.25) is 0 Å². The molecule has 0 fully saturated rings. The summed E-state index contributed by atoms with van der Waals surface area (Å²) in [5.41, 5.74) is 2.15. The largest absolute Gasteiger partial charge is 0.334 e. The van der Waals surface area contributed by atoms with Crippen LogP contribution in [0.5, 0.6) is 0 Å². The molecule has 1 aromatic carbocycles. The lowest BCUT2D eigenvalue weighted by molar-refractivity contribution is 0.425. The maximum atomic E-state index is 5.07.